The number of aromatic nitrogens is 1. The van der Waals surface area contributed by atoms with Gasteiger partial charge in [0.25, 0.3) is 0 Å². The average Bonchev–Trinajstić information content (AvgIpc) is 2.27. The normalized spacial score (nSPS) is 10.4. The van der Waals surface area contributed by atoms with Gasteiger partial charge in [-0.3, -0.25) is 4.98 Å². The van der Waals surface area contributed by atoms with Gasteiger partial charge in [0.2, 0.25) is 0 Å². The average molecular weight is 189 g/mol. The van der Waals surface area contributed by atoms with Crippen molar-refractivity contribution in [1.82, 2.24) is 4.98 Å². The summed E-state index contributed by atoms with van der Waals surface area (Å²) in [5, 5.41) is 10.0. The van der Waals surface area contributed by atoms with E-state index in [4.69, 9.17) is 9.84 Å². The monoisotopic (exact) mass is 189 g/mol. The van der Waals surface area contributed by atoms with Crippen molar-refractivity contribution >= 4 is 10.9 Å². The lowest BCUT2D eigenvalue weighted by atomic mass is 10.1. The second-order valence-electron chi connectivity index (χ2n) is 3.03. The predicted octanol–water partition coefficient (Wildman–Crippen LogP) is 1.74. The van der Waals surface area contributed by atoms with Crippen LogP contribution in [0.15, 0.2) is 30.5 Å². The van der Waals surface area contributed by atoms with Crippen LogP contribution in [-0.2, 0) is 6.61 Å². The number of methoxy groups -OCH3 is 1. The Balaban J connectivity index is 2.73. The van der Waals surface area contributed by atoms with Crippen molar-refractivity contribution in [2.24, 2.45) is 0 Å². The van der Waals surface area contributed by atoms with E-state index in [0.29, 0.717) is 5.75 Å². The van der Waals surface area contributed by atoms with Gasteiger partial charge in [-0.25, -0.2) is 0 Å². The summed E-state index contributed by atoms with van der Waals surface area (Å²) in [6.07, 6.45) is 1.73. The molecule has 0 fully saturated rings. The molecule has 0 saturated heterocycles. The van der Waals surface area contributed by atoms with Crippen LogP contribution in [0, 0.1) is 0 Å². The van der Waals surface area contributed by atoms with Gasteiger partial charge in [0, 0.05) is 11.6 Å². The van der Waals surface area contributed by atoms with Crippen molar-refractivity contribution in [3.63, 3.8) is 0 Å². The van der Waals surface area contributed by atoms with E-state index < -0.39 is 0 Å². The molecule has 0 aliphatic heterocycles. The summed E-state index contributed by atoms with van der Waals surface area (Å²) in [4.78, 5) is 4.22. The SMILES string of the molecule is COc1cc(CO)cc2cccnc12. The number of aliphatic hydroxyl groups excluding tert-OH is 1. The zero-order valence-electron chi connectivity index (χ0n) is 7.90. The quantitative estimate of drug-likeness (QED) is 0.782. The number of hydrogen-bond donors (Lipinski definition) is 1. The van der Waals surface area contributed by atoms with Crippen molar-refractivity contribution in [3.05, 3.63) is 36.0 Å². The predicted molar refractivity (Wildman–Crippen MR) is 54.2 cm³/mol. The lowest BCUT2D eigenvalue weighted by Crippen LogP contribution is -1.91. The van der Waals surface area contributed by atoms with Crippen LogP contribution in [0.1, 0.15) is 5.56 Å². The number of rotatable bonds is 2. The summed E-state index contributed by atoms with van der Waals surface area (Å²) in [7, 11) is 1.60. The topological polar surface area (TPSA) is 42.4 Å². The fraction of sp³-hybridized carbons (Fsp3) is 0.182. The Labute approximate surface area is 82.0 Å². The van der Waals surface area contributed by atoms with Crippen molar-refractivity contribution in [2.45, 2.75) is 6.61 Å². The van der Waals surface area contributed by atoms with E-state index in [2.05, 4.69) is 4.98 Å². The van der Waals surface area contributed by atoms with Gasteiger partial charge in [0.1, 0.15) is 11.3 Å². The number of fused-ring (bicyclic) bond motifs is 1. The Bertz CT molecular complexity index is 454. The van der Waals surface area contributed by atoms with E-state index in [-0.39, 0.29) is 6.61 Å². The van der Waals surface area contributed by atoms with Gasteiger partial charge in [0.05, 0.1) is 13.7 Å². The van der Waals surface area contributed by atoms with Crippen molar-refractivity contribution in [1.29, 1.82) is 0 Å². The van der Waals surface area contributed by atoms with Crippen molar-refractivity contribution in [2.75, 3.05) is 7.11 Å². The fourth-order valence-corrected chi connectivity index (χ4v) is 1.47. The van der Waals surface area contributed by atoms with E-state index >= 15 is 0 Å². The molecule has 2 rings (SSSR count). The molecule has 1 aromatic heterocycles. The number of pyridine rings is 1. The summed E-state index contributed by atoms with van der Waals surface area (Å²) in [6.45, 7) is 0.0151. The maximum Gasteiger partial charge on any atom is 0.145 e. The summed E-state index contributed by atoms with van der Waals surface area (Å²) in [6, 6.07) is 7.52. The van der Waals surface area contributed by atoms with E-state index in [1.54, 1.807) is 19.4 Å². The van der Waals surface area contributed by atoms with Crippen molar-refractivity contribution in [3.8, 4) is 5.75 Å². The summed E-state index contributed by atoms with van der Waals surface area (Å²) in [5.74, 6) is 0.701. The molecule has 14 heavy (non-hydrogen) atoms. The highest BCUT2D eigenvalue weighted by molar-refractivity contribution is 5.85. The van der Waals surface area contributed by atoms with Crippen LogP contribution >= 0.6 is 0 Å². The maximum absolute atomic E-state index is 9.04. The molecule has 1 N–H and O–H groups in total. The van der Waals surface area contributed by atoms with Gasteiger partial charge < -0.3 is 9.84 Å². The minimum absolute atomic E-state index is 0.0151. The Morgan fingerprint density at radius 3 is 3.00 bits per heavy atom. The molecular formula is C11H11NO2. The number of nitrogens with zero attached hydrogens (tertiary/aromatic N) is 1. The highest BCUT2D eigenvalue weighted by Gasteiger charge is 2.04. The smallest absolute Gasteiger partial charge is 0.145 e. The first-order chi connectivity index (χ1) is 6.85. The maximum atomic E-state index is 9.04. The van der Waals surface area contributed by atoms with E-state index in [1.807, 2.05) is 18.2 Å². The minimum atomic E-state index is 0.0151. The molecule has 0 aliphatic carbocycles. The van der Waals surface area contributed by atoms with E-state index in [0.717, 1.165) is 16.5 Å². The van der Waals surface area contributed by atoms with Crippen LogP contribution in [0.3, 0.4) is 0 Å². The Hall–Kier alpha value is -1.61. The van der Waals surface area contributed by atoms with Crippen LogP contribution in [0.5, 0.6) is 5.75 Å². The lowest BCUT2D eigenvalue weighted by Gasteiger charge is -2.06. The van der Waals surface area contributed by atoms with Gasteiger partial charge in [-0.2, -0.15) is 0 Å². The van der Waals surface area contributed by atoms with Gasteiger partial charge in [-0.05, 0) is 23.8 Å². The zero-order chi connectivity index (χ0) is 9.97. The lowest BCUT2D eigenvalue weighted by molar-refractivity contribution is 0.281. The molecule has 0 aliphatic rings. The third kappa shape index (κ3) is 1.42. The minimum Gasteiger partial charge on any atom is -0.494 e. The summed E-state index contributed by atoms with van der Waals surface area (Å²) >= 11 is 0. The largest absolute Gasteiger partial charge is 0.494 e. The third-order valence-electron chi connectivity index (χ3n) is 2.13. The molecule has 1 aromatic carbocycles. The highest BCUT2D eigenvalue weighted by atomic mass is 16.5. The van der Waals surface area contributed by atoms with Crippen LogP contribution < -0.4 is 4.74 Å². The first-order valence-corrected chi connectivity index (χ1v) is 4.37. The van der Waals surface area contributed by atoms with E-state index in [9.17, 15) is 0 Å². The molecule has 2 aromatic rings. The fourth-order valence-electron chi connectivity index (χ4n) is 1.47. The second-order valence-corrected chi connectivity index (χ2v) is 3.03. The Kier molecular flexibility index (Phi) is 2.33. The number of ether oxygens (including phenoxy) is 1. The van der Waals surface area contributed by atoms with Crippen LogP contribution in [0.2, 0.25) is 0 Å². The molecule has 0 radical (unpaired) electrons. The molecule has 0 saturated carbocycles. The number of aliphatic hydroxyl groups is 1. The van der Waals surface area contributed by atoms with Gasteiger partial charge in [-0.1, -0.05) is 6.07 Å². The van der Waals surface area contributed by atoms with E-state index in [1.165, 1.54) is 0 Å². The number of benzene rings is 1. The van der Waals surface area contributed by atoms with Gasteiger partial charge in [-0.15, -0.1) is 0 Å². The zero-order valence-corrected chi connectivity index (χ0v) is 7.90. The molecule has 3 nitrogen and oxygen atoms in total. The summed E-state index contributed by atoms with van der Waals surface area (Å²) < 4.78 is 5.20. The molecular weight excluding hydrogens is 178 g/mol. The molecule has 0 spiro atoms. The number of hydrogen-bond acceptors (Lipinski definition) is 3. The molecule has 0 bridgehead atoms. The standard InChI is InChI=1S/C11H11NO2/c1-14-10-6-8(7-13)5-9-3-2-4-12-11(9)10/h2-6,13H,7H2,1H3. The van der Waals surface area contributed by atoms with Crippen LogP contribution in [0.25, 0.3) is 10.9 Å². The Morgan fingerprint density at radius 1 is 1.43 bits per heavy atom. The molecule has 0 unspecified atom stereocenters. The Morgan fingerprint density at radius 2 is 2.29 bits per heavy atom. The highest BCUT2D eigenvalue weighted by Crippen LogP contribution is 2.25. The van der Waals surface area contributed by atoms with Crippen molar-refractivity contribution < 1.29 is 9.84 Å². The second kappa shape index (κ2) is 3.64. The van der Waals surface area contributed by atoms with Crippen LogP contribution in [0.4, 0.5) is 0 Å². The molecule has 3 heteroatoms. The molecule has 72 valence electrons. The molecule has 1 heterocycles. The third-order valence-corrected chi connectivity index (χ3v) is 2.13. The van der Waals surface area contributed by atoms with Crippen LogP contribution in [-0.4, -0.2) is 17.2 Å². The molecule has 0 atom stereocenters. The first-order valence-electron chi connectivity index (χ1n) is 4.37. The van der Waals surface area contributed by atoms with Gasteiger partial charge >= 0.3 is 0 Å². The molecule has 0 amide bonds. The summed E-state index contributed by atoms with van der Waals surface area (Å²) in [5.41, 5.74) is 1.66. The first kappa shape index (κ1) is 8.97. The van der Waals surface area contributed by atoms with Gasteiger partial charge in [0.15, 0.2) is 0 Å².